The van der Waals surface area contributed by atoms with Gasteiger partial charge in [0, 0.05) is 25.8 Å². The van der Waals surface area contributed by atoms with Gasteiger partial charge in [0.15, 0.2) is 0 Å². The fraction of sp³-hybridized carbons (Fsp3) is 0.389. The van der Waals surface area contributed by atoms with Gasteiger partial charge in [-0.15, -0.1) is 0 Å². The van der Waals surface area contributed by atoms with Crippen LogP contribution in [0.15, 0.2) is 48.7 Å². The van der Waals surface area contributed by atoms with Crippen LogP contribution in [0.5, 0.6) is 0 Å². The molecule has 1 saturated heterocycles. The molecule has 0 bridgehead atoms. The van der Waals surface area contributed by atoms with Crippen molar-refractivity contribution in [1.82, 2.24) is 9.88 Å². The van der Waals surface area contributed by atoms with Gasteiger partial charge in [0.2, 0.25) is 0 Å². The van der Waals surface area contributed by atoms with Crippen LogP contribution in [0.1, 0.15) is 17.5 Å². The molecule has 0 radical (unpaired) electrons. The molecule has 0 saturated carbocycles. The maximum atomic E-state index is 9.08. The number of likely N-dealkylation sites (tertiary alicyclic amines) is 1. The minimum absolute atomic E-state index is 0.116. The molecule has 1 aliphatic heterocycles. The van der Waals surface area contributed by atoms with E-state index in [0.717, 1.165) is 37.6 Å². The van der Waals surface area contributed by atoms with Gasteiger partial charge >= 0.3 is 0 Å². The van der Waals surface area contributed by atoms with E-state index in [1.165, 1.54) is 12.0 Å². The van der Waals surface area contributed by atoms with Gasteiger partial charge in [-0.1, -0.05) is 30.3 Å². The molecule has 2 aromatic rings. The molecule has 1 unspecified atom stereocenters. The van der Waals surface area contributed by atoms with Crippen molar-refractivity contribution < 1.29 is 5.11 Å². The maximum Gasteiger partial charge on any atom is 0.125 e. The molecule has 3 rings (SSSR count). The Morgan fingerprint density at radius 1 is 1.14 bits per heavy atom. The van der Waals surface area contributed by atoms with Gasteiger partial charge in [0.25, 0.3) is 0 Å². The molecule has 0 aliphatic carbocycles. The van der Waals surface area contributed by atoms with Gasteiger partial charge in [-0.2, -0.15) is 0 Å². The second-order valence-electron chi connectivity index (χ2n) is 5.96. The average Bonchev–Trinajstić information content (AvgIpc) is 3.02. The molecule has 0 spiro atoms. The number of anilines is 1. The van der Waals surface area contributed by atoms with Crippen molar-refractivity contribution in [2.45, 2.75) is 19.6 Å². The van der Waals surface area contributed by atoms with Crippen LogP contribution in [0.4, 0.5) is 5.82 Å². The second kappa shape index (κ2) is 7.38. The summed E-state index contributed by atoms with van der Waals surface area (Å²) in [6.07, 6.45) is 3.05. The standard InChI is InChI=1S/C18H23N3O/c22-14-16-6-4-15(5-7-16)12-21-10-8-17(13-21)11-20-18-3-1-2-9-19-18/h1-7,9,17,22H,8,10-14H2,(H,19,20). The van der Waals surface area contributed by atoms with Crippen molar-refractivity contribution in [1.29, 1.82) is 0 Å². The van der Waals surface area contributed by atoms with Crippen molar-refractivity contribution in [2.24, 2.45) is 5.92 Å². The summed E-state index contributed by atoms with van der Waals surface area (Å²) in [5, 5.41) is 12.5. The smallest absolute Gasteiger partial charge is 0.125 e. The SMILES string of the molecule is OCc1ccc(CN2CCC(CNc3ccccn3)C2)cc1. The van der Waals surface area contributed by atoms with E-state index in [1.54, 1.807) is 0 Å². The number of aromatic nitrogens is 1. The first-order valence-electron chi connectivity index (χ1n) is 7.89. The van der Waals surface area contributed by atoms with E-state index in [0.29, 0.717) is 5.92 Å². The van der Waals surface area contributed by atoms with Crippen LogP contribution < -0.4 is 5.32 Å². The highest BCUT2D eigenvalue weighted by molar-refractivity contribution is 5.33. The average molecular weight is 297 g/mol. The number of aliphatic hydroxyl groups excluding tert-OH is 1. The minimum atomic E-state index is 0.116. The first kappa shape index (κ1) is 15.0. The molecule has 0 amide bonds. The zero-order valence-electron chi connectivity index (χ0n) is 12.8. The van der Waals surface area contributed by atoms with Crippen molar-refractivity contribution in [3.63, 3.8) is 0 Å². The zero-order valence-corrected chi connectivity index (χ0v) is 12.8. The lowest BCUT2D eigenvalue weighted by Gasteiger charge is -2.16. The molecule has 22 heavy (non-hydrogen) atoms. The number of benzene rings is 1. The third-order valence-corrected chi connectivity index (χ3v) is 4.22. The fourth-order valence-electron chi connectivity index (χ4n) is 2.95. The number of nitrogens with one attached hydrogen (secondary N) is 1. The third kappa shape index (κ3) is 4.06. The first-order valence-corrected chi connectivity index (χ1v) is 7.89. The molecule has 2 N–H and O–H groups in total. The predicted molar refractivity (Wildman–Crippen MR) is 88.5 cm³/mol. The normalized spacial score (nSPS) is 18.5. The van der Waals surface area contributed by atoms with E-state index in [-0.39, 0.29) is 6.61 Å². The molecule has 116 valence electrons. The van der Waals surface area contributed by atoms with E-state index in [4.69, 9.17) is 5.11 Å². The second-order valence-corrected chi connectivity index (χ2v) is 5.96. The Labute approximate surface area is 131 Å². The van der Waals surface area contributed by atoms with Gasteiger partial charge in [-0.25, -0.2) is 4.98 Å². The van der Waals surface area contributed by atoms with Crippen LogP contribution in [-0.4, -0.2) is 34.6 Å². The summed E-state index contributed by atoms with van der Waals surface area (Å²) in [4.78, 5) is 6.80. The van der Waals surface area contributed by atoms with Crippen molar-refractivity contribution in [3.05, 3.63) is 59.8 Å². The van der Waals surface area contributed by atoms with Crippen molar-refractivity contribution in [2.75, 3.05) is 25.0 Å². The van der Waals surface area contributed by atoms with Gasteiger partial charge in [-0.3, -0.25) is 4.90 Å². The quantitative estimate of drug-likeness (QED) is 0.860. The fourth-order valence-corrected chi connectivity index (χ4v) is 2.95. The van der Waals surface area contributed by atoms with Crippen molar-refractivity contribution >= 4 is 5.82 Å². The van der Waals surface area contributed by atoms with Crippen molar-refractivity contribution in [3.8, 4) is 0 Å². The summed E-state index contributed by atoms with van der Waals surface area (Å²) < 4.78 is 0. The molecule has 1 fully saturated rings. The molecule has 4 nitrogen and oxygen atoms in total. The van der Waals surface area contributed by atoms with Crippen LogP contribution in [-0.2, 0) is 13.2 Å². The monoisotopic (exact) mass is 297 g/mol. The van der Waals surface area contributed by atoms with Crippen LogP contribution in [0.25, 0.3) is 0 Å². The molecule has 4 heteroatoms. The lowest BCUT2D eigenvalue weighted by atomic mass is 10.1. The largest absolute Gasteiger partial charge is 0.392 e. The van der Waals surface area contributed by atoms with Crippen LogP contribution in [0, 0.1) is 5.92 Å². The van der Waals surface area contributed by atoms with Crippen LogP contribution in [0.2, 0.25) is 0 Å². The molecular weight excluding hydrogens is 274 g/mol. The Morgan fingerprint density at radius 3 is 2.68 bits per heavy atom. The number of hydrogen-bond acceptors (Lipinski definition) is 4. The first-order chi connectivity index (χ1) is 10.8. The number of pyridine rings is 1. The van der Waals surface area contributed by atoms with Crippen LogP contribution >= 0.6 is 0 Å². The van der Waals surface area contributed by atoms with E-state index in [2.05, 4.69) is 27.3 Å². The highest BCUT2D eigenvalue weighted by atomic mass is 16.3. The zero-order chi connectivity index (χ0) is 15.2. The van der Waals surface area contributed by atoms with Gasteiger partial charge < -0.3 is 10.4 Å². The lowest BCUT2D eigenvalue weighted by molar-refractivity contribution is 0.281. The number of hydrogen-bond donors (Lipinski definition) is 2. The Bertz CT molecular complexity index is 571. The molecule has 1 atom stereocenters. The number of nitrogens with zero attached hydrogens (tertiary/aromatic N) is 2. The summed E-state index contributed by atoms with van der Waals surface area (Å²) in [6, 6.07) is 14.2. The number of rotatable bonds is 6. The lowest BCUT2D eigenvalue weighted by Crippen LogP contribution is -2.22. The highest BCUT2D eigenvalue weighted by Gasteiger charge is 2.22. The Morgan fingerprint density at radius 2 is 1.95 bits per heavy atom. The van der Waals surface area contributed by atoms with Gasteiger partial charge in [0.1, 0.15) is 5.82 Å². The summed E-state index contributed by atoms with van der Waals surface area (Å²) in [7, 11) is 0. The van der Waals surface area contributed by atoms with Gasteiger partial charge in [0.05, 0.1) is 6.61 Å². The Balaban J connectivity index is 1.45. The van der Waals surface area contributed by atoms with Crippen LogP contribution in [0.3, 0.4) is 0 Å². The summed E-state index contributed by atoms with van der Waals surface area (Å²) >= 11 is 0. The number of aliphatic hydroxyl groups is 1. The van der Waals surface area contributed by atoms with E-state index < -0.39 is 0 Å². The van der Waals surface area contributed by atoms with E-state index in [1.807, 2.05) is 36.5 Å². The summed E-state index contributed by atoms with van der Waals surface area (Å²) in [5.41, 5.74) is 2.29. The summed E-state index contributed by atoms with van der Waals surface area (Å²) in [5.74, 6) is 1.64. The summed E-state index contributed by atoms with van der Waals surface area (Å²) in [6.45, 7) is 4.37. The van der Waals surface area contributed by atoms with E-state index in [9.17, 15) is 0 Å². The highest BCUT2D eigenvalue weighted by Crippen LogP contribution is 2.19. The molecule has 2 heterocycles. The topological polar surface area (TPSA) is 48.4 Å². The third-order valence-electron chi connectivity index (χ3n) is 4.22. The molecule has 1 aromatic heterocycles. The Kier molecular flexibility index (Phi) is 5.03. The molecule has 1 aromatic carbocycles. The molecule has 1 aliphatic rings. The predicted octanol–water partition coefficient (Wildman–Crippen LogP) is 2.51. The maximum absolute atomic E-state index is 9.08. The molecular formula is C18H23N3O. The Hall–Kier alpha value is -1.91. The van der Waals surface area contributed by atoms with E-state index >= 15 is 0 Å². The van der Waals surface area contributed by atoms with Gasteiger partial charge in [-0.05, 0) is 42.1 Å². The minimum Gasteiger partial charge on any atom is -0.392 e.